The van der Waals surface area contributed by atoms with Crippen molar-refractivity contribution in [3.63, 3.8) is 0 Å². The van der Waals surface area contributed by atoms with Gasteiger partial charge in [0.15, 0.2) is 5.82 Å². The van der Waals surface area contributed by atoms with Gasteiger partial charge >= 0.3 is 6.03 Å². The Hall–Kier alpha value is -4.66. The molecule has 4 aromatic rings. The van der Waals surface area contributed by atoms with Gasteiger partial charge in [0.2, 0.25) is 0 Å². The van der Waals surface area contributed by atoms with Gasteiger partial charge in [0, 0.05) is 47.7 Å². The first-order valence-corrected chi connectivity index (χ1v) is 11.7. The molecule has 0 saturated carbocycles. The van der Waals surface area contributed by atoms with Gasteiger partial charge in [-0.15, -0.1) is 22.6 Å². The maximum atomic E-state index is 12.9. The molecule has 1 aliphatic rings. The normalized spacial score (nSPS) is 14.8. The summed E-state index contributed by atoms with van der Waals surface area (Å²) >= 11 is 0. The number of amides is 2. The highest BCUT2D eigenvalue weighted by molar-refractivity contribution is 6.00. The van der Waals surface area contributed by atoms with Crippen LogP contribution in [0.25, 0.3) is 22.0 Å². The van der Waals surface area contributed by atoms with Crippen LogP contribution < -0.4 is 10.2 Å². The van der Waals surface area contributed by atoms with E-state index < -0.39 is 0 Å². The fourth-order valence-corrected chi connectivity index (χ4v) is 4.51. The summed E-state index contributed by atoms with van der Waals surface area (Å²) in [6.07, 6.45) is 0. The number of piperazine rings is 1. The molecule has 0 aliphatic carbocycles. The average Bonchev–Trinajstić information content (AvgIpc) is 2.93. The number of halogens is 1. The summed E-state index contributed by atoms with van der Waals surface area (Å²) in [7, 11) is 0. The number of anilines is 2. The third-order valence-corrected chi connectivity index (χ3v) is 6.41. The van der Waals surface area contributed by atoms with E-state index in [1.807, 2.05) is 48.2 Å². The summed E-state index contributed by atoms with van der Waals surface area (Å²) in [6, 6.07) is 26.2. The van der Waals surface area contributed by atoms with Crippen molar-refractivity contribution in [1.82, 2.24) is 15.1 Å². The zero-order chi connectivity index (χ0) is 25.1. The molecule has 9 heteroatoms. The Morgan fingerprint density at radius 3 is 2.14 bits per heavy atom. The number of carbonyl (C=O) groups is 1. The maximum Gasteiger partial charge on any atom is 0.322 e. The van der Waals surface area contributed by atoms with Crippen molar-refractivity contribution in [2.45, 2.75) is 13.0 Å². The Morgan fingerprint density at radius 2 is 1.51 bits per heavy atom. The molecule has 3 aromatic carbocycles. The van der Waals surface area contributed by atoms with Gasteiger partial charge in [-0.25, -0.2) is 4.79 Å². The molecule has 184 valence electrons. The van der Waals surface area contributed by atoms with Crippen LogP contribution in [0.5, 0.6) is 0 Å². The number of nitriles is 2. The summed E-state index contributed by atoms with van der Waals surface area (Å²) < 4.78 is 0. The summed E-state index contributed by atoms with van der Waals surface area (Å²) in [5.74, 6) is 0.794. The summed E-state index contributed by atoms with van der Waals surface area (Å²) in [5, 5.41) is 32.1. The smallest absolute Gasteiger partial charge is 0.322 e. The maximum absolute atomic E-state index is 12.9. The Morgan fingerprint density at radius 1 is 0.892 bits per heavy atom. The third-order valence-electron chi connectivity index (χ3n) is 6.41. The summed E-state index contributed by atoms with van der Waals surface area (Å²) in [4.78, 5) is 16.9. The number of nitrogens with one attached hydrogen (secondary N) is 1. The molecule has 2 amide bonds. The van der Waals surface area contributed by atoms with Gasteiger partial charge in [0.05, 0.1) is 23.3 Å². The number of hydrogen-bond donors (Lipinski definition) is 1. The lowest BCUT2D eigenvalue weighted by Gasteiger charge is -2.40. The Bertz CT molecular complexity index is 1510. The first kappa shape index (κ1) is 25.4. The lowest BCUT2D eigenvalue weighted by Crippen LogP contribution is -2.55. The van der Waals surface area contributed by atoms with Crippen molar-refractivity contribution in [3.8, 4) is 23.4 Å². The topological polar surface area (TPSA) is 109 Å². The van der Waals surface area contributed by atoms with E-state index in [-0.39, 0.29) is 24.5 Å². The quantitative estimate of drug-likeness (QED) is 0.406. The van der Waals surface area contributed by atoms with E-state index in [4.69, 9.17) is 10.5 Å². The van der Waals surface area contributed by atoms with Gasteiger partial charge < -0.3 is 15.1 Å². The predicted molar refractivity (Wildman–Crippen MR) is 145 cm³/mol. The first-order chi connectivity index (χ1) is 17.6. The molecule has 37 heavy (non-hydrogen) atoms. The van der Waals surface area contributed by atoms with Gasteiger partial charge in [-0.05, 0) is 43.3 Å². The van der Waals surface area contributed by atoms with Gasteiger partial charge in [0.1, 0.15) is 5.69 Å². The molecule has 1 atom stereocenters. The fraction of sp³-hybridized carbons (Fsp3) is 0.179. The fourth-order valence-electron chi connectivity index (χ4n) is 4.51. The number of aromatic nitrogens is 2. The minimum Gasteiger partial charge on any atom is -0.351 e. The summed E-state index contributed by atoms with van der Waals surface area (Å²) in [6.45, 7) is 3.80. The molecule has 1 saturated heterocycles. The van der Waals surface area contributed by atoms with Crippen LogP contribution in [0, 0.1) is 22.7 Å². The van der Waals surface area contributed by atoms with Gasteiger partial charge in [0.25, 0.3) is 0 Å². The van der Waals surface area contributed by atoms with Crippen molar-refractivity contribution < 1.29 is 4.79 Å². The van der Waals surface area contributed by atoms with E-state index in [1.165, 1.54) is 0 Å². The monoisotopic (exact) mass is 509 g/mol. The van der Waals surface area contributed by atoms with Crippen molar-refractivity contribution in [2.75, 3.05) is 29.9 Å². The van der Waals surface area contributed by atoms with Crippen molar-refractivity contribution in [1.29, 1.82) is 10.5 Å². The van der Waals surface area contributed by atoms with Crippen LogP contribution in [0.15, 0.2) is 72.8 Å². The molecule has 0 bridgehead atoms. The number of benzene rings is 3. The van der Waals surface area contributed by atoms with E-state index in [0.29, 0.717) is 36.4 Å². The van der Waals surface area contributed by atoms with E-state index in [9.17, 15) is 4.79 Å². The average molecular weight is 510 g/mol. The van der Waals surface area contributed by atoms with E-state index in [2.05, 4.69) is 32.6 Å². The molecule has 1 fully saturated rings. The SMILES string of the molecule is C[C@H]1CN(c2nnc(-c3ccc(C#N)cc3)c3ccccc23)CCN1C(=O)Nc1ccc(C#N)cc1.Cl. The first-order valence-electron chi connectivity index (χ1n) is 11.7. The van der Waals surface area contributed by atoms with Crippen molar-refractivity contribution in [2.24, 2.45) is 0 Å². The second kappa shape index (κ2) is 10.9. The van der Waals surface area contributed by atoms with E-state index >= 15 is 0 Å². The van der Waals surface area contributed by atoms with Crippen LogP contribution in [-0.4, -0.2) is 46.8 Å². The van der Waals surface area contributed by atoms with Crippen LogP contribution >= 0.6 is 12.4 Å². The molecule has 1 aliphatic heterocycles. The Kier molecular flexibility index (Phi) is 7.52. The predicted octanol–water partition coefficient (Wildman–Crippen LogP) is 5.20. The Labute approximate surface area is 221 Å². The second-order valence-electron chi connectivity index (χ2n) is 8.71. The molecule has 0 unspecified atom stereocenters. The number of nitrogens with zero attached hydrogens (tertiary/aromatic N) is 6. The zero-order valence-electron chi connectivity index (χ0n) is 20.1. The van der Waals surface area contributed by atoms with E-state index in [1.54, 1.807) is 36.4 Å². The molecule has 0 spiro atoms. The lowest BCUT2D eigenvalue weighted by atomic mass is 10.0. The minimum absolute atomic E-state index is 0. The zero-order valence-corrected chi connectivity index (χ0v) is 20.9. The number of fused-ring (bicyclic) bond motifs is 1. The van der Waals surface area contributed by atoms with Crippen LogP contribution in [0.2, 0.25) is 0 Å². The lowest BCUT2D eigenvalue weighted by molar-refractivity contribution is 0.184. The largest absolute Gasteiger partial charge is 0.351 e. The summed E-state index contributed by atoms with van der Waals surface area (Å²) in [5.41, 5.74) is 3.48. The molecular formula is C28H24ClN7O. The molecule has 2 heterocycles. The van der Waals surface area contributed by atoms with Gasteiger partial charge in [-0.1, -0.05) is 36.4 Å². The van der Waals surface area contributed by atoms with Crippen molar-refractivity contribution >= 4 is 40.7 Å². The minimum atomic E-state index is -0.168. The third kappa shape index (κ3) is 5.16. The molecule has 1 aromatic heterocycles. The highest BCUT2D eigenvalue weighted by atomic mass is 35.5. The van der Waals surface area contributed by atoms with Crippen LogP contribution in [0.1, 0.15) is 18.1 Å². The number of urea groups is 1. The van der Waals surface area contributed by atoms with Crippen LogP contribution in [-0.2, 0) is 0 Å². The van der Waals surface area contributed by atoms with Crippen molar-refractivity contribution in [3.05, 3.63) is 83.9 Å². The second-order valence-corrected chi connectivity index (χ2v) is 8.71. The van der Waals surface area contributed by atoms with Gasteiger partial charge in [-0.2, -0.15) is 10.5 Å². The van der Waals surface area contributed by atoms with Crippen LogP contribution in [0.3, 0.4) is 0 Å². The number of hydrogen-bond acceptors (Lipinski definition) is 6. The Balaban J connectivity index is 0.00000320. The van der Waals surface area contributed by atoms with Gasteiger partial charge in [-0.3, -0.25) is 0 Å². The molecule has 5 rings (SSSR count). The standard InChI is InChI=1S/C28H23N7O.ClH/c1-19-18-34(14-15-35(19)28(36)31-23-12-8-21(17-30)9-13-23)27-25-5-3-2-4-24(25)26(32-33-27)22-10-6-20(16-29)7-11-22;/h2-13,19H,14-15,18H2,1H3,(H,31,36);1H/t19-;/m0./s1. The molecule has 8 nitrogen and oxygen atoms in total. The highest BCUT2D eigenvalue weighted by Crippen LogP contribution is 2.32. The van der Waals surface area contributed by atoms with E-state index in [0.717, 1.165) is 27.8 Å². The molecule has 0 radical (unpaired) electrons. The molecule has 1 N–H and O–H groups in total. The van der Waals surface area contributed by atoms with Crippen LogP contribution in [0.4, 0.5) is 16.3 Å². The number of carbonyl (C=O) groups excluding carboxylic acids is 1. The number of rotatable bonds is 3. The highest BCUT2D eigenvalue weighted by Gasteiger charge is 2.29. The molecular weight excluding hydrogens is 486 g/mol.